The molecule has 2 aliphatic rings. The van der Waals surface area contributed by atoms with E-state index >= 15 is 0 Å². The van der Waals surface area contributed by atoms with Gasteiger partial charge in [-0.15, -0.1) is 0 Å². The first-order chi connectivity index (χ1) is 17.1. The maximum atomic E-state index is 12.8. The molecule has 0 unspecified atom stereocenters. The fraction of sp³-hybridized carbons (Fsp3) is 0.321. The van der Waals surface area contributed by atoms with Gasteiger partial charge in [-0.1, -0.05) is 19.4 Å². The zero-order chi connectivity index (χ0) is 23.9. The summed E-state index contributed by atoms with van der Waals surface area (Å²) in [7, 11) is 0. The predicted octanol–water partition coefficient (Wildman–Crippen LogP) is 5.32. The fourth-order valence-electron chi connectivity index (χ4n) is 5.36. The summed E-state index contributed by atoms with van der Waals surface area (Å²) in [5.74, 6) is 1.52. The van der Waals surface area contributed by atoms with Crippen molar-refractivity contribution in [2.45, 2.75) is 39.7 Å². The molecule has 3 aromatic heterocycles. The van der Waals surface area contributed by atoms with Gasteiger partial charge in [0.2, 0.25) is 0 Å². The van der Waals surface area contributed by atoms with Gasteiger partial charge in [-0.2, -0.15) is 0 Å². The van der Waals surface area contributed by atoms with Gasteiger partial charge in [0.1, 0.15) is 11.5 Å². The average Bonchev–Trinajstić information content (AvgIpc) is 3.48. The van der Waals surface area contributed by atoms with Gasteiger partial charge >= 0.3 is 0 Å². The Bertz CT molecular complexity index is 1400. The van der Waals surface area contributed by atoms with E-state index in [4.69, 9.17) is 0 Å². The Kier molecular flexibility index (Phi) is 5.40. The number of nitrogens with zero attached hydrogens (tertiary/aromatic N) is 4. The summed E-state index contributed by atoms with van der Waals surface area (Å²) >= 11 is 0. The summed E-state index contributed by atoms with van der Waals surface area (Å²) in [6, 6.07) is 12.3. The quantitative estimate of drug-likeness (QED) is 0.417. The second-order valence-corrected chi connectivity index (χ2v) is 9.64. The Morgan fingerprint density at radius 2 is 1.94 bits per heavy atom. The molecule has 6 rings (SSSR count). The molecule has 4 aromatic rings. The van der Waals surface area contributed by atoms with Crippen LogP contribution in [0.5, 0.6) is 0 Å². The van der Waals surface area contributed by atoms with Gasteiger partial charge in [0, 0.05) is 31.4 Å². The van der Waals surface area contributed by atoms with Crippen LogP contribution in [0.4, 0.5) is 17.2 Å². The van der Waals surface area contributed by atoms with E-state index in [0.717, 1.165) is 58.7 Å². The molecule has 1 saturated heterocycles. The van der Waals surface area contributed by atoms with Crippen molar-refractivity contribution in [3.63, 3.8) is 0 Å². The van der Waals surface area contributed by atoms with Gasteiger partial charge in [0.05, 0.1) is 35.0 Å². The van der Waals surface area contributed by atoms with Crippen LogP contribution in [-0.4, -0.2) is 33.4 Å². The third-order valence-corrected chi connectivity index (χ3v) is 7.48. The maximum absolute atomic E-state index is 12.8. The molecule has 0 bridgehead atoms. The second-order valence-electron chi connectivity index (χ2n) is 9.64. The molecule has 1 fully saturated rings. The van der Waals surface area contributed by atoms with Crippen LogP contribution in [0.1, 0.15) is 47.7 Å². The number of anilines is 3. The van der Waals surface area contributed by atoms with E-state index in [0.29, 0.717) is 12.1 Å². The summed E-state index contributed by atoms with van der Waals surface area (Å²) in [4.78, 5) is 24.5. The molecule has 0 atom stereocenters. The number of piperidine rings is 1. The van der Waals surface area contributed by atoms with Crippen molar-refractivity contribution in [1.29, 1.82) is 0 Å². The average molecular weight is 467 g/mol. The molecule has 35 heavy (non-hydrogen) atoms. The zero-order valence-corrected chi connectivity index (χ0v) is 20.2. The molecule has 0 saturated carbocycles. The number of hydrogen-bond donors (Lipinski definition) is 2. The van der Waals surface area contributed by atoms with E-state index in [1.165, 1.54) is 24.8 Å². The van der Waals surface area contributed by atoms with Gasteiger partial charge in [0.15, 0.2) is 0 Å². The second kappa shape index (κ2) is 8.73. The van der Waals surface area contributed by atoms with Gasteiger partial charge < -0.3 is 15.5 Å². The summed E-state index contributed by atoms with van der Waals surface area (Å²) in [6.07, 6.45) is 9.61. The molecular weight excluding hydrogens is 436 g/mol. The standard InChI is InChI=1S/C28H30N6O/c1-3-19-9-11-33(12-10-19)20-4-7-25(29-15-20)32-23-6-5-21(22-16-31-28(35)27(22)23)24-17-30-26-14-18(2)8-13-34(24)26/h4-8,13-15,17,19H,3,9-12,16H2,1-2H3,(H,29,32)(H,31,35). The van der Waals surface area contributed by atoms with Gasteiger partial charge in [0.25, 0.3) is 5.91 Å². The van der Waals surface area contributed by atoms with E-state index in [1.54, 1.807) is 0 Å². The monoisotopic (exact) mass is 466 g/mol. The SMILES string of the molecule is CCC1CCN(c2ccc(Nc3ccc(-c4cnc5cc(C)ccn45)c4c3C(=O)NC4)nc2)CC1. The Balaban J connectivity index is 1.28. The van der Waals surface area contributed by atoms with Crippen LogP contribution in [0.25, 0.3) is 16.9 Å². The highest BCUT2D eigenvalue weighted by atomic mass is 16.1. The zero-order valence-electron chi connectivity index (χ0n) is 20.2. The molecule has 178 valence electrons. The number of benzene rings is 1. The minimum absolute atomic E-state index is 0.0653. The predicted molar refractivity (Wildman–Crippen MR) is 139 cm³/mol. The molecule has 5 heterocycles. The Morgan fingerprint density at radius 1 is 1.09 bits per heavy atom. The topological polar surface area (TPSA) is 74.6 Å². The Morgan fingerprint density at radius 3 is 2.71 bits per heavy atom. The van der Waals surface area contributed by atoms with Crippen molar-refractivity contribution < 1.29 is 4.79 Å². The number of amides is 1. The van der Waals surface area contributed by atoms with Crippen molar-refractivity contribution in [1.82, 2.24) is 19.7 Å². The normalized spacial score (nSPS) is 15.9. The Labute approximate surface area is 205 Å². The van der Waals surface area contributed by atoms with E-state index in [9.17, 15) is 4.79 Å². The highest BCUT2D eigenvalue weighted by Gasteiger charge is 2.27. The summed E-state index contributed by atoms with van der Waals surface area (Å²) in [5, 5.41) is 6.38. The molecule has 7 heteroatoms. The Hall–Kier alpha value is -3.87. The molecule has 1 aromatic carbocycles. The molecule has 1 amide bonds. The summed E-state index contributed by atoms with van der Waals surface area (Å²) < 4.78 is 2.07. The number of imidazole rings is 1. The lowest BCUT2D eigenvalue weighted by Gasteiger charge is -2.33. The molecule has 0 aliphatic carbocycles. The first-order valence-corrected chi connectivity index (χ1v) is 12.5. The van der Waals surface area contributed by atoms with Crippen molar-refractivity contribution in [2.75, 3.05) is 23.3 Å². The number of carbonyl (C=O) groups excluding carboxylic acids is 1. The number of carbonyl (C=O) groups is 1. The summed E-state index contributed by atoms with van der Waals surface area (Å²) in [5.41, 5.74) is 7.65. The number of nitrogens with one attached hydrogen (secondary N) is 2. The number of hydrogen-bond acceptors (Lipinski definition) is 5. The highest BCUT2D eigenvalue weighted by Crippen LogP contribution is 2.35. The van der Waals surface area contributed by atoms with Crippen molar-refractivity contribution in [3.8, 4) is 11.3 Å². The van der Waals surface area contributed by atoms with Crippen molar-refractivity contribution in [3.05, 3.63) is 71.7 Å². The smallest absolute Gasteiger partial charge is 0.254 e. The third kappa shape index (κ3) is 3.91. The number of fused-ring (bicyclic) bond motifs is 2. The molecule has 2 aliphatic heterocycles. The minimum atomic E-state index is -0.0653. The van der Waals surface area contributed by atoms with Crippen molar-refractivity contribution in [2.24, 2.45) is 5.92 Å². The van der Waals surface area contributed by atoms with Crippen LogP contribution in [-0.2, 0) is 6.54 Å². The van der Waals surface area contributed by atoms with Gasteiger partial charge in [-0.05, 0) is 67.1 Å². The first-order valence-electron chi connectivity index (χ1n) is 12.5. The largest absolute Gasteiger partial charge is 0.370 e. The maximum Gasteiger partial charge on any atom is 0.254 e. The van der Waals surface area contributed by atoms with E-state index in [2.05, 4.69) is 68.0 Å². The molecule has 2 N–H and O–H groups in total. The third-order valence-electron chi connectivity index (χ3n) is 7.48. The highest BCUT2D eigenvalue weighted by molar-refractivity contribution is 6.06. The van der Waals surface area contributed by atoms with E-state index in [-0.39, 0.29) is 5.91 Å². The van der Waals surface area contributed by atoms with Crippen LogP contribution in [0.15, 0.2) is 55.0 Å². The molecule has 0 spiro atoms. The number of rotatable bonds is 5. The molecule has 7 nitrogen and oxygen atoms in total. The van der Waals surface area contributed by atoms with Crippen LogP contribution in [0, 0.1) is 12.8 Å². The minimum Gasteiger partial charge on any atom is -0.370 e. The van der Waals surface area contributed by atoms with Crippen LogP contribution in [0.3, 0.4) is 0 Å². The lowest BCUT2D eigenvalue weighted by atomic mass is 9.94. The lowest BCUT2D eigenvalue weighted by molar-refractivity contribution is 0.0966. The van der Waals surface area contributed by atoms with E-state index in [1.807, 2.05) is 30.7 Å². The number of pyridine rings is 2. The van der Waals surface area contributed by atoms with Crippen LogP contribution < -0.4 is 15.5 Å². The van der Waals surface area contributed by atoms with Gasteiger partial charge in [-0.25, -0.2) is 9.97 Å². The van der Waals surface area contributed by atoms with E-state index < -0.39 is 0 Å². The number of aromatic nitrogens is 3. The summed E-state index contributed by atoms with van der Waals surface area (Å²) in [6.45, 7) is 7.02. The first kappa shape index (κ1) is 21.6. The van der Waals surface area contributed by atoms with Crippen LogP contribution >= 0.6 is 0 Å². The lowest BCUT2D eigenvalue weighted by Crippen LogP contribution is -2.33. The fourth-order valence-corrected chi connectivity index (χ4v) is 5.36. The molecule has 0 radical (unpaired) electrons. The van der Waals surface area contributed by atoms with Crippen LogP contribution in [0.2, 0.25) is 0 Å². The molecular formula is C28H30N6O. The van der Waals surface area contributed by atoms with Crippen molar-refractivity contribution >= 4 is 28.7 Å². The number of aryl methyl sites for hydroxylation is 1. The van der Waals surface area contributed by atoms with Gasteiger partial charge in [-0.3, -0.25) is 9.20 Å².